The van der Waals surface area contributed by atoms with Crippen LogP contribution in [0.3, 0.4) is 0 Å². The topological polar surface area (TPSA) is 84.4 Å². The molecule has 1 fully saturated rings. The largest absolute Gasteiger partial charge is 0.444 e. The highest BCUT2D eigenvalue weighted by Gasteiger charge is 2.26. The number of aromatic nitrogens is 2. The zero-order valence-corrected chi connectivity index (χ0v) is 13.9. The van der Waals surface area contributed by atoms with E-state index in [-0.39, 0.29) is 11.8 Å². The second kappa shape index (κ2) is 7.39. The van der Waals surface area contributed by atoms with Gasteiger partial charge in [0, 0.05) is 32.0 Å². The van der Waals surface area contributed by atoms with Gasteiger partial charge in [0.15, 0.2) is 0 Å². The minimum absolute atomic E-state index is 0.111. The second-order valence-electron chi connectivity index (χ2n) is 6.73. The van der Waals surface area contributed by atoms with Crippen molar-refractivity contribution in [3.8, 4) is 0 Å². The van der Waals surface area contributed by atoms with E-state index in [1.807, 2.05) is 20.8 Å². The Hall–Kier alpha value is -2.18. The predicted octanol–water partition coefficient (Wildman–Crippen LogP) is 1.85. The molecule has 1 aromatic rings. The first kappa shape index (κ1) is 17.2. The van der Waals surface area contributed by atoms with Crippen molar-refractivity contribution in [2.75, 3.05) is 19.6 Å². The Labute approximate surface area is 136 Å². The molecule has 0 unspecified atom stereocenters. The number of nitrogens with one attached hydrogen (secondary N) is 1. The van der Waals surface area contributed by atoms with Crippen molar-refractivity contribution in [2.45, 2.75) is 39.2 Å². The number of likely N-dealkylation sites (tertiary alicyclic amines) is 1. The monoisotopic (exact) mass is 320 g/mol. The number of ether oxygens (including phenoxy) is 1. The number of alkyl carbamates (subject to hydrolysis) is 1. The normalized spacial score (nSPS) is 18.4. The molecule has 23 heavy (non-hydrogen) atoms. The summed E-state index contributed by atoms with van der Waals surface area (Å²) in [6.45, 7) is 7.29. The third-order valence-electron chi connectivity index (χ3n) is 3.52. The van der Waals surface area contributed by atoms with Crippen LogP contribution in [-0.2, 0) is 4.74 Å². The molecule has 0 aliphatic carbocycles. The van der Waals surface area contributed by atoms with E-state index in [4.69, 9.17) is 4.74 Å². The maximum atomic E-state index is 12.4. The zero-order chi connectivity index (χ0) is 16.9. The van der Waals surface area contributed by atoms with Crippen LogP contribution < -0.4 is 5.32 Å². The molecular weight excluding hydrogens is 296 g/mol. The fraction of sp³-hybridized carbons (Fsp3) is 0.625. The maximum absolute atomic E-state index is 12.4. The molecule has 7 heteroatoms. The van der Waals surface area contributed by atoms with E-state index >= 15 is 0 Å². The first-order chi connectivity index (χ1) is 10.8. The van der Waals surface area contributed by atoms with E-state index in [1.165, 1.54) is 12.4 Å². The van der Waals surface area contributed by atoms with E-state index in [2.05, 4.69) is 15.3 Å². The Kier molecular flexibility index (Phi) is 5.52. The number of piperidine rings is 1. The Morgan fingerprint density at radius 3 is 2.83 bits per heavy atom. The summed E-state index contributed by atoms with van der Waals surface area (Å²) in [6, 6.07) is 0. The lowest BCUT2D eigenvalue weighted by molar-refractivity contribution is 0.0502. The Morgan fingerprint density at radius 2 is 2.17 bits per heavy atom. The molecule has 1 aliphatic heterocycles. The van der Waals surface area contributed by atoms with Crippen LogP contribution >= 0.6 is 0 Å². The van der Waals surface area contributed by atoms with Gasteiger partial charge in [-0.3, -0.25) is 9.78 Å². The number of rotatable bonds is 3. The van der Waals surface area contributed by atoms with E-state index < -0.39 is 11.7 Å². The highest BCUT2D eigenvalue weighted by atomic mass is 16.6. The molecule has 0 saturated carbocycles. The molecule has 2 amide bonds. The predicted molar refractivity (Wildman–Crippen MR) is 84.9 cm³/mol. The summed E-state index contributed by atoms with van der Waals surface area (Å²) < 4.78 is 5.22. The molecule has 0 radical (unpaired) electrons. The molecule has 1 aliphatic rings. The van der Waals surface area contributed by atoms with E-state index in [0.717, 1.165) is 12.8 Å². The van der Waals surface area contributed by atoms with Crippen LogP contribution in [0.2, 0.25) is 0 Å². The molecule has 0 bridgehead atoms. The van der Waals surface area contributed by atoms with Crippen molar-refractivity contribution in [2.24, 2.45) is 5.92 Å². The van der Waals surface area contributed by atoms with Gasteiger partial charge in [0.1, 0.15) is 11.3 Å². The van der Waals surface area contributed by atoms with Gasteiger partial charge in [0.2, 0.25) is 0 Å². The third kappa shape index (κ3) is 5.50. The van der Waals surface area contributed by atoms with Gasteiger partial charge in [-0.15, -0.1) is 0 Å². The van der Waals surface area contributed by atoms with Crippen LogP contribution in [0.25, 0.3) is 0 Å². The molecular formula is C16H24N4O3. The highest BCUT2D eigenvalue weighted by molar-refractivity contribution is 5.92. The number of hydrogen-bond donors (Lipinski definition) is 1. The minimum atomic E-state index is -0.509. The average molecular weight is 320 g/mol. The summed E-state index contributed by atoms with van der Waals surface area (Å²) in [5.74, 6) is 0.108. The summed E-state index contributed by atoms with van der Waals surface area (Å²) in [5.41, 5.74) is -0.154. The molecule has 7 nitrogen and oxygen atoms in total. The second-order valence-corrected chi connectivity index (χ2v) is 6.73. The van der Waals surface area contributed by atoms with Gasteiger partial charge in [-0.2, -0.15) is 0 Å². The summed E-state index contributed by atoms with van der Waals surface area (Å²) in [4.78, 5) is 33.8. The molecule has 0 aromatic carbocycles. The standard InChI is InChI=1S/C16H24N4O3/c1-16(2,3)23-15(22)19-9-12-5-4-8-20(11-12)14(21)13-10-17-6-7-18-13/h6-7,10,12H,4-5,8-9,11H2,1-3H3,(H,19,22)/t12-/m1/s1. The van der Waals surface area contributed by atoms with Crippen molar-refractivity contribution in [3.05, 3.63) is 24.3 Å². The number of hydrogen-bond acceptors (Lipinski definition) is 5. The quantitative estimate of drug-likeness (QED) is 0.919. The fourth-order valence-corrected chi connectivity index (χ4v) is 2.53. The number of carbonyl (C=O) groups is 2. The lowest BCUT2D eigenvalue weighted by Gasteiger charge is -2.32. The fourth-order valence-electron chi connectivity index (χ4n) is 2.53. The summed E-state index contributed by atoms with van der Waals surface area (Å²) in [5, 5.41) is 2.78. The van der Waals surface area contributed by atoms with Gasteiger partial charge in [-0.1, -0.05) is 0 Å². The molecule has 1 atom stereocenters. The highest BCUT2D eigenvalue weighted by Crippen LogP contribution is 2.17. The summed E-state index contributed by atoms with van der Waals surface area (Å²) in [6.07, 6.45) is 5.99. The molecule has 1 saturated heterocycles. The molecule has 126 valence electrons. The van der Waals surface area contributed by atoms with Crippen LogP contribution in [0, 0.1) is 5.92 Å². The van der Waals surface area contributed by atoms with Gasteiger partial charge >= 0.3 is 6.09 Å². The van der Waals surface area contributed by atoms with Crippen molar-refractivity contribution < 1.29 is 14.3 Å². The molecule has 2 heterocycles. The third-order valence-corrected chi connectivity index (χ3v) is 3.52. The first-order valence-electron chi connectivity index (χ1n) is 7.87. The lowest BCUT2D eigenvalue weighted by atomic mass is 9.98. The summed E-state index contributed by atoms with van der Waals surface area (Å²) >= 11 is 0. The van der Waals surface area contributed by atoms with Crippen LogP contribution in [-0.4, -0.2) is 52.1 Å². The number of nitrogens with zero attached hydrogens (tertiary/aromatic N) is 3. The van der Waals surface area contributed by atoms with Crippen LogP contribution in [0.5, 0.6) is 0 Å². The van der Waals surface area contributed by atoms with Crippen molar-refractivity contribution in [1.82, 2.24) is 20.2 Å². The van der Waals surface area contributed by atoms with E-state index in [9.17, 15) is 9.59 Å². The zero-order valence-electron chi connectivity index (χ0n) is 13.9. The van der Waals surface area contributed by atoms with Gasteiger partial charge in [0.05, 0.1) is 6.20 Å². The van der Waals surface area contributed by atoms with Crippen molar-refractivity contribution in [3.63, 3.8) is 0 Å². The summed E-state index contributed by atoms with van der Waals surface area (Å²) in [7, 11) is 0. The molecule has 2 rings (SSSR count). The van der Waals surface area contributed by atoms with Gasteiger partial charge in [0.25, 0.3) is 5.91 Å². The minimum Gasteiger partial charge on any atom is -0.444 e. The van der Waals surface area contributed by atoms with Gasteiger partial charge < -0.3 is 15.0 Å². The van der Waals surface area contributed by atoms with E-state index in [0.29, 0.717) is 25.3 Å². The van der Waals surface area contributed by atoms with Crippen molar-refractivity contribution >= 4 is 12.0 Å². The van der Waals surface area contributed by atoms with Gasteiger partial charge in [-0.25, -0.2) is 9.78 Å². The Balaban J connectivity index is 1.84. The average Bonchev–Trinajstić information content (AvgIpc) is 2.52. The van der Waals surface area contributed by atoms with E-state index in [1.54, 1.807) is 11.1 Å². The molecule has 1 aromatic heterocycles. The number of carbonyl (C=O) groups excluding carboxylic acids is 2. The lowest BCUT2D eigenvalue weighted by Crippen LogP contribution is -2.44. The van der Waals surface area contributed by atoms with Crippen LogP contribution in [0.1, 0.15) is 44.1 Å². The molecule has 0 spiro atoms. The van der Waals surface area contributed by atoms with Crippen molar-refractivity contribution in [1.29, 1.82) is 0 Å². The Morgan fingerprint density at radius 1 is 1.39 bits per heavy atom. The SMILES string of the molecule is CC(C)(C)OC(=O)NC[C@H]1CCCN(C(=O)c2cnccn2)C1. The van der Waals surface area contributed by atoms with Gasteiger partial charge in [-0.05, 0) is 39.5 Å². The Bertz CT molecular complexity index is 542. The molecule has 1 N–H and O–H groups in total. The van der Waals surface area contributed by atoms with Crippen LogP contribution in [0.4, 0.5) is 4.79 Å². The number of amides is 2. The maximum Gasteiger partial charge on any atom is 0.407 e. The first-order valence-corrected chi connectivity index (χ1v) is 7.87. The smallest absolute Gasteiger partial charge is 0.407 e. The van der Waals surface area contributed by atoms with Crippen LogP contribution in [0.15, 0.2) is 18.6 Å².